The molecule has 8 heteroatoms. The van der Waals surface area contributed by atoms with Crippen LogP contribution >= 0.6 is 11.3 Å². The van der Waals surface area contributed by atoms with E-state index < -0.39 is 6.04 Å². The second-order valence-corrected chi connectivity index (χ2v) is 8.08. The van der Waals surface area contributed by atoms with Gasteiger partial charge in [-0.15, -0.1) is 11.3 Å². The van der Waals surface area contributed by atoms with Crippen LogP contribution in [0.1, 0.15) is 30.6 Å². The van der Waals surface area contributed by atoms with Crippen LogP contribution in [0.3, 0.4) is 0 Å². The smallest absolute Gasteiger partial charge is 0.267 e. The average molecular weight is 405 g/mol. The number of fused-ring (bicyclic) bond motifs is 2. The fourth-order valence-electron chi connectivity index (χ4n) is 3.73. The third kappa shape index (κ3) is 3.05. The lowest BCUT2D eigenvalue weighted by Gasteiger charge is -2.15. The Morgan fingerprint density at radius 3 is 2.97 bits per heavy atom. The molecular formula is C21H19N5O2S. The van der Waals surface area contributed by atoms with E-state index >= 15 is 0 Å². The van der Waals surface area contributed by atoms with Crippen molar-refractivity contribution in [3.8, 4) is 10.6 Å². The van der Waals surface area contributed by atoms with Crippen LogP contribution in [0, 0.1) is 0 Å². The Labute approximate surface area is 170 Å². The first-order chi connectivity index (χ1) is 14.1. The summed E-state index contributed by atoms with van der Waals surface area (Å²) in [5.74, 6) is 0.287. The molecule has 1 N–H and O–H groups in total. The van der Waals surface area contributed by atoms with Crippen molar-refractivity contribution in [2.24, 2.45) is 0 Å². The molecule has 4 aromatic heterocycles. The number of thiophene rings is 1. The number of imidazole rings is 1. The number of pyridine rings is 1. The van der Waals surface area contributed by atoms with Gasteiger partial charge >= 0.3 is 0 Å². The molecule has 0 saturated heterocycles. The van der Waals surface area contributed by atoms with Crippen molar-refractivity contribution >= 4 is 28.7 Å². The third-order valence-electron chi connectivity index (χ3n) is 5.25. The Morgan fingerprint density at radius 2 is 2.14 bits per heavy atom. The molecule has 146 valence electrons. The second kappa shape index (κ2) is 6.97. The largest absolute Gasteiger partial charge is 0.308 e. The molecule has 0 unspecified atom stereocenters. The van der Waals surface area contributed by atoms with Crippen molar-refractivity contribution in [1.29, 1.82) is 0 Å². The number of carbonyl (C=O) groups excluding carboxylic acids is 1. The summed E-state index contributed by atoms with van der Waals surface area (Å²) in [6.07, 6.45) is 4.59. The summed E-state index contributed by atoms with van der Waals surface area (Å²) < 4.78 is 3.13. The van der Waals surface area contributed by atoms with Gasteiger partial charge in [0.25, 0.3) is 5.56 Å². The van der Waals surface area contributed by atoms with Gasteiger partial charge in [0.05, 0.1) is 10.6 Å². The van der Waals surface area contributed by atoms with E-state index in [1.165, 1.54) is 4.68 Å². The van der Waals surface area contributed by atoms with E-state index in [2.05, 4.69) is 15.4 Å². The molecule has 29 heavy (non-hydrogen) atoms. The van der Waals surface area contributed by atoms with Gasteiger partial charge in [-0.1, -0.05) is 12.1 Å². The minimum Gasteiger partial charge on any atom is -0.308 e. The summed E-state index contributed by atoms with van der Waals surface area (Å²) in [4.78, 5) is 31.2. The minimum absolute atomic E-state index is 0.245. The Kier molecular flexibility index (Phi) is 4.28. The van der Waals surface area contributed by atoms with Crippen LogP contribution in [0.5, 0.6) is 0 Å². The molecule has 4 heterocycles. The van der Waals surface area contributed by atoms with Crippen LogP contribution in [-0.4, -0.2) is 25.1 Å². The summed E-state index contributed by atoms with van der Waals surface area (Å²) in [6, 6.07) is 10.5. The van der Waals surface area contributed by atoms with Crippen molar-refractivity contribution in [3.63, 3.8) is 0 Å². The van der Waals surface area contributed by atoms with Gasteiger partial charge in [-0.25, -0.2) is 9.67 Å². The van der Waals surface area contributed by atoms with Crippen molar-refractivity contribution < 1.29 is 4.79 Å². The van der Waals surface area contributed by atoms with Crippen molar-refractivity contribution in [1.82, 2.24) is 19.2 Å². The summed E-state index contributed by atoms with van der Waals surface area (Å²) >= 11 is 1.56. The van der Waals surface area contributed by atoms with Crippen LogP contribution in [0.15, 0.2) is 52.8 Å². The predicted octanol–water partition coefficient (Wildman–Crippen LogP) is 3.31. The monoisotopic (exact) mass is 405 g/mol. The van der Waals surface area contributed by atoms with Crippen LogP contribution in [0.4, 0.5) is 5.82 Å². The number of amides is 1. The zero-order valence-corrected chi connectivity index (χ0v) is 16.6. The SMILES string of the molecule is C[C@H](C(=O)Nc1c(-c2cccs2)nc2ccccn12)n1nc2c(cc1=O)CCC2. The lowest BCUT2D eigenvalue weighted by molar-refractivity contribution is -0.119. The maximum atomic E-state index is 13.1. The van der Waals surface area contributed by atoms with E-state index in [9.17, 15) is 9.59 Å². The number of nitrogens with one attached hydrogen (secondary N) is 1. The summed E-state index contributed by atoms with van der Waals surface area (Å²) in [7, 11) is 0. The number of hydrogen-bond donors (Lipinski definition) is 1. The standard InChI is InChI=1S/C21H19N5O2S/c1-13(26-18(27)12-14-6-4-7-15(14)24-26)21(28)23-20-19(16-8-5-11-29-16)22-17-9-2-3-10-25(17)20/h2-3,5,8-13H,4,6-7H2,1H3,(H,23,28)/t13-/m1/s1. The predicted molar refractivity (Wildman–Crippen MR) is 112 cm³/mol. The first kappa shape index (κ1) is 17.8. The summed E-state index contributed by atoms with van der Waals surface area (Å²) in [6.45, 7) is 1.69. The molecule has 0 fully saturated rings. The molecular weight excluding hydrogens is 386 g/mol. The van der Waals surface area contributed by atoms with E-state index in [0.29, 0.717) is 11.5 Å². The van der Waals surface area contributed by atoms with Crippen LogP contribution in [-0.2, 0) is 17.6 Å². The van der Waals surface area contributed by atoms with Crippen LogP contribution in [0.25, 0.3) is 16.2 Å². The fourth-order valence-corrected chi connectivity index (χ4v) is 4.44. The molecule has 1 atom stereocenters. The van der Waals surface area contributed by atoms with Crippen molar-refractivity contribution in [2.45, 2.75) is 32.2 Å². The van der Waals surface area contributed by atoms with E-state index in [1.54, 1.807) is 24.3 Å². The zero-order valence-electron chi connectivity index (χ0n) is 15.8. The lowest BCUT2D eigenvalue weighted by Crippen LogP contribution is -2.34. The third-order valence-corrected chi connectivity index (χ3v) is 6.13. The van der Waals surface area contributed by atoms with Gasteiger partial charge in [0, 0.05) is 12.3 Å². The molecule has 0 aromatic carbocycles. The van der Waals surface area contributed by atoms with Crippen molar-refractivity contribution in [2.75, 3.05) is 5.32 Å². The Hall–Kier alpha value is -3.26. The lowest BCUT2D eigenvalue weighted by atomic mass is 10.2. The minimum atomic E-state index is -0.737. The first-order valence-electron chi connectivity index (χ1n) is 9.55. The summed E-state index contributed by atoms with van der Waals surface area (Å²) in [5, 5.41) is 9.42. The van der Waals surface area contributed by atoms with Gasteiger partial charge in [0.1, 0.15) is 23.2 Å². The van der Waals surface area contributed by atoms with Gasteiger partial charge < -0.3 is 5.32 Å². The highest BCUT2D eigenvalue weighted by Gasteiger charge is 2.24. The Balaban J connectivity index is 1.52. The molecule has 0 spiro atoms. The molecule has 0 radical (unpaired) electrons. The quantitative estimate of drug-likeness (QED) is 0.565. The first-order valence-corrected chi connectivity index (χ1v) is 10.4. The van der Waals surface area contributed by atoms with Gasteiger partial charge in [-0.2, -0.15) is 5.10 Å². The van der Waals surface area contributed by atoms with Gasteiger partial charge in [-0.3, -0.25) is 14.0 Å². The highest BCUT2D eigenvalue weighted by atomic mass is 32.1. The van der Waals surface area contributed by atoms with Crippen molar-refractivity contribution in [3.05, 3.63) is 69.6 Å². The highest BCUT2D eigenvalue weighted by Crippen LogP contribution is 2.32. The van der Waals surface area contributed by atoms with Crippen LogP contribution < -0.4 is 10.9 Å². The molecule has 7 nitrogen and oxygen atoms in total. The molecule has 0 aliphatic heterocycles. The molecule has 1 aliphatic carbocycles. The normalized spacial score (nSPS) is 14.1. The van der Waals surface area contributed by atoms with Gasteiger partial charge in [0.2, 0.25) is 5.91 Å². The van der Waals surface area contributed by atoms with E-state index in [1.807, 2.05) is 46.3 Å². The number of rotatable bonds is 4. The number of nitrogens with zero attached hydrogens (tertiary/aromatic N) is 4. The number of aryl methyl sites for hydroxylation is 2. The maximum Gasteiger partial charge on any atom is 0.267 e. The number of hydrogen-bond acceptors (Lipinski definition) is 5. The van der Waals surface area contributed by atoms with Gasteiger partial charge in [-0.05, 0) is 55.3 Å². The zero-order chi connectivity index (χ0) is 20.0. The molecule has 1 amide bonds. The molecule has 1 aliphatic rings. The average Bonchev–Trinajstić information content (AvgIpc) is 3.46. The van der Waals surface area contributed by atoms with Gasteiger partial charge in [0.15, 0.2) is 0 Å². The van der Waals surface area contributed by atoms with Crippen LogP contribution in [0.2, 0.25) is 0 Å². The van der Waals surface area contributed by atoms with E-state index in [4.69, 9.17) is 0 Å². The molecule has 4 aromatic rings. The maximum absolute atomic E-state index is 13.1. The summed E-state index contributed by atoms with van der Waals surface area (Å²) in [5.41, 5.74) is 3.12. The highest BCUT2D eigenvalue weighted by molar-refractivity contribution is 7.13. The van der Waals surface area contributed by atoms with E-state index in [0.717, 1.165) is 41.0 Å². The topological polar surface area (TPSA) is 81.3 Å². The molecule has 0 saturated carbocycles. The molecule has 5 rings (SSSR count). The number of carbonyl (C=O) groups is 1. The number of aromatic nitrogens is 4. The van der Waals surface area contributed by atoms with E-state index in [-0.39, 0.29) is 11.5 Å². The Morgan fingerprint density at radius 1 is 1.24 bits per heavy atom. The fraction of sp³-hybridized carbons (Fsp3) is 0.238. The Bertz CT molecular complexity index is 1270. The molecule has 0 bridgehead atoms. The second-order valence-electron chi connectivity index (χ2n) is 7.13. The number of anilines is 1.